The number of hydrogen-bond donors (Lipinski definition) is 1. The molecule has 0 bridgehead atoms. The van der Waals surface area contributed by atoms with Gasteiger partial charge in [0, 0.05) is 42.2 Å². The van der Waals surface area contributed by atoms with Crippen molar-refractivity contribution in [3.8, 4) is 5.69 Å². The molecule has 0 unspecified atom stereocenters. The van der Waals surface area contributed by atoms with Gasteiger partial charge in [-0.1, -0.05) is 18.9 Å². The molecule has 2 aliphatic rings. The third kappa shape index (κ3) is 2.98. The number of pyridine rings is 2. The van der Waals surface area contributed by atoms with E-state index in [4.69, 9.17) is 12.2 Å². The maximum Gasteiger partial charge on any atom is 0.170 e. The van der Waals surface area contributed by atoms with E-state index in [0.717, 1.165) is 16.5 Å². The van der Waals surface area contributed by atoms with Gasteiger partial charge in [0.15, 0.2) is 5.11 Å². The molecule has 3 aromatic rings. The monoisotopic (exact) mass is 389 g/mol. The van der Waals surface area contributed by atoms with Gasteiger partial charge in [0.05, 0.1) is 17.8 Å². The number of nitrogens with zero attached hydrogens (tertiary/aromatic N) is 4. The molecular weight excluding hydrogens is 366 g/mol. The Labute approximate surface area is 170 Å². The Hall–Kier alpha value is -2.73. The van der Waals surface area contributed by atoms with Crippen LogP contribution in [-0.4, -0.2) is 30.6 Å². The average molecular weight is 390 g/mol. The van der Waals surface area contributed by atoms with E-state index >= 15 is 0 Å². The summed E-state index contributed by atoms with van der Waals surface area (Å²) in [5.41, 5.74) is 3.36. The number of hydrogen-bond acceptors (Lipinski definition) is 3. The van der Waals surface area contributed by atoms with Crippen LogP contribution in [0.2, 0.25) is 0 Å². The molecule has 142 valence electrons. The molecule has 1 N–H and O–H groups in total. The number of thiocarbonyl (C=S) groups is 1. The Balaban J connectivity index is 1.62. The summed E-state index contributed by atoms with van der Waals surface area (Å²) in [6.07, 6.45) is 12.6. The zero-order valence-corrected chi connectivity index (χ0v) is 16.4. The highest BCUT2D eigenvalue weighted by Crippen LogP contribution is 2.43. The highest BCUT2D eigenvalue weighted by molar-refractivity contribution is 7.80. The Bertz CT molecular complexity index is 949. The first-order valence-corrected chi connectivity index (χ1v) is 10.3. The summed E-state index contributed by atoms with van der Waals surface area (Å²) in [6.45, 7) is 0. The van der Waals surface area contributed by atoms with Crippen LogP contribution in [0.4, 0.5) is 0 Å². The van der Waals surface area contributed by atoms with Crippen LogP contribution < -0.4 is 5.32 Å². The standard InChI is InChI=1S/C22H23N5S/c28-22-25-20(18-8-3-4-12-24-18)21(27(22)17-6-1-2-7-17)19-9-5-15-26(19)16-10-13-23-14-11-16/h3-5,8-15,17,20-21H,1-2,6-7H2,(H,25,28)/t20-,21+/m0/s1. The molecule has 0 radical (unpaired) electrons. The first kappa shape index (κ1) is 17.4. The van der Waals surface area contributed by atoms with Crippen LogP contribution in [0.3, 0.4) is 0 Å². The normalized spacial score (nSPS) is 22.6. The van der Waals surface area contributed by atoms with Crippen molar-refractivity contribution in [3.05, 3.63) is 78.6 Å². The highest BCUT2D eigenvalue weighted by atomic mass is 32.1. The second-order valence-corrected chi connectivity index (χ2v) is 7.87. The second-order valence-electron chi connectivity index (χ2n) is 7.48. The molecule has 2 atom stereocenters. The lowest BCUT2D eigenvalue weighted by atomic mass is 9.99. The summed E-state index contributed by atoms with van der Waals surface area (Å²) in [5.74, 6) is 0. The minimum absolute atomic E-state index is 0.0322. The molecular formula is C22H23N5S. The van der Waals surface area contributed by atoms with Gasteiger partial charge in [-0.05, 0) is 61.5 Å². The summed E-state index contributed by atoms with van der Waals surface area (Å²) in [4.78, 5) is 11.3. The van der Waals surface area contributed by atoms with Crippen LogP contribution in [0.25, 0.3) is 5.69 Å². The fourth-order valence-electron chi connectivity index (χ4n) is 4.63. The third-order valence-electron chi connectivity index (χ3n) is 5.88. The molecule has 5 nitrogen and oxygen atoms in total. The summed E-state index contributed by atoms with van der Waals surface area (Å²) >= 11 is 5.83. The van der Waals surface area contributed by atoms with Crippen molar-refractivity contribution in [1.82, 2.24) is 24.8 Å². The molecule has 6 heteroatoms. The summed E-state index contributed by atoms with van der Waals surface area (Å²) in [6, 6.07) is 15.1. The van der Waals surface area contributed by atoms with Gasteiger partial charge >= 0.3 is 0 Å². The van der Waals surface area contributed by atoms with Crippen LogP contribution in [0.5, 0.6) is 0 Å². The molecule has 0 amide bonds. The number of rotatable bonds is 4. The fourth-order valence-corrected chi connectivity index (χ4v) is 5.02. The largest absolute Gasteiger partial charge is 0.352 e. The van der Waals surface area contributed by atoms with Crippen molar-refractivity contribution in [2.75, 3.05) is 0 Å². The minimum Gasteiger partial charge on any atom is -0.352 e. The first-order valence-electron chi connectivity index (χ1n) is 9.90. The van der Waals surface area contributed by atoms with Crippen molar-refractivity contribution in [3.63, 3.8) is 0 Å². The molecule has 2 fully saturated rings. The van der Waals surface area contributed by atoms with Gasteiger partial charge in [-0.25, -0.2) is 0 Å². The van der Waals surface area contributed by atoms with Crippen LogP contribution in [-0.2, 0) is 0 Å². The Morgan fingerprint density at radius 2 is 1.79 bits per heavy atom. The van der Waals surface area contributed by atoms with Gasteiger partial charge < -0.3 is 14.8 Å². The molecule has 1 saturated heterocycles. The Morgan fingerprint density at radius 1 is 0.964 bits per heavy atom. The summed E-state index contributed by atoms with van der Waals surface area (Å²) in [7, 11) is 0. The zero-order valence-electron chi connectivity index (χ0n) is 15.6. The number of nitrogens with one attached hydrogen (secondary N) is 1. The SMILES string of the molecule is S=C1N[C@@H](c2ccccn2)[C@@H](c2cccn2-c2ccncc2)N1C1CCCC1. The van der Waals surface area contributed by atoms with Gasteiger partial charge in [-0.15, -0.1) is 0 Å². The smallest absolute Gasteiger partial charge is 0.170 e. The molecule has 1 aliphatic heterocycles. The van der Waals surface area contributed by atoms with Crippen LogP contribution in [0.15, 0.2) is 67.3 Å². The Kier molecular flexibility index (Phi) is 4.56. The third-order valence-corrected chi connectivity index (χ3v) is 6.21. The van der Waals surface area contributed by atoms with E-state index < -0.39 is 0 Å². The highest BCUT2D eigenvalue weighted by Gasteiger charge is 2.44. The van der Waals surface area contributed by atoms with Gasteiger partial charge in [-0.3, -0.25) is 9.97 Å². The van der Waals surface area contributed by atoms with E-state index in [-0.39, 0.29) is 12.1 Å². The van der Waals surface area contributed by atoms with E-state index in [9.17, 15) is 0 Å². The second kappa shape index (κ2) is 7.36. The average Bonchev–Trinajstić information content (AvgIpc) is 3.48. The maximum atomic E-state index is 5.83. The van der Waals surface area contributed by atoms with Crippen molar-refractivity contribution in [2.24, 2.45) is 0 Å². The van der Waals surface area contributed by atoms with Gasteiger partial charge in [-0.2, -0.15) is 0 Å². The Morgan fingerprint density at radius 3 is 2.54 bits per heavy atom. The summed E-state index contributed by atoms with van der Waals surface area (Å²) < 4.78 is 2.25. The van der Waals surface area contributed by atoms with Crippen molar-refractivity contribution < 1.29 is 0 Å². The van der Waals surface area contributed by atoms with Gasteiger partial charge in [0.2, 0.25) is 0 Å². The van der Waals surface area contributed by atoms with E-state index in [1.54, 1.807) is 0 Å². The van der Waals surface area contributed by atoms with Crippen LogP contribution in [0, 0.1) is 0 Å². The maximum absolute atomic E-state index is 5.83. The molecule has 3 aromatic heterocycles. The molecule has 4 heterocycles. The van der Waals surface area contributed by atoms with E-state index in [1.165, 1.54) is 31.4 Å². The van der Waals surface area contributed by atoms with Crippen molar-refractivity contribution in [2.45, 2.75) is 43.8 Å². The molecule has 0 aromatic carbocycles. The molecule has 0 spiro atoms. The van der Waals surface area contributed by atoms with Crippen LogP contribution >= 0.6 is 12.2 Å². The van der Waals surface area contributed by atoms with Crippen LogP contribution in [0.1, 0.15) is 49.2 Å². The molecule has 28 heavy (non-hydrogen) atoms. The molecule has 5 rings (SSSR count). The van der Waals surface area contributed by atoms with E-state index in [2.05, 4.69) is 49.1 Å². The van der Waals surface area contributed by atoms with Gasteiger partial charge in [0.25, 0.3) is 0 Å². The quantitative estimate of drug-likeness (QED) is 0.678. The number of aromatic nitrogens is 3. The predicted octanol–water partition coefficient (Wildman–Crippen LogP) is 4.18. The van der Waals surface area contributed by atoms with E-state index in [1.807, 2.05) is 42.9 Å². The molecule has 1 aliphatic carbocycles. The predicted molar refractivity (Wildman–Crippen MR) is 113 cm³/mol. The van der Waals surface area contributed by atoms with Crippen molar-refractivity contribution >= 4 is 17.3 Å². The lowest BCUT2D eigenvalue weighted by Gasteiger charge is -2.33. The minimum atomic E-state index is 0.0322. The topological polar surface area (TPSA) is 46.0 Å². The summed E-state index contributed by atoms with van der Waals surface area (Å²) in [5, 5.41) is 4.43. The zero-order chi connectivity index (χ0) is 18.9. The molecule has 1 saturated carbocycles. The first-order chi connectivity index (χ1) is 13.8. The van der Waals surface area contributed by atoms with Gasteiger partial charge in [0.1, 0.15) is 0 Å². The lowest BCUT2D eigenvalue weighted by Crippen LogP contribution is -2.38. The van der Waals surface area contributed by atoms with Crippen molar-refractivity contribution in [1.29, 1.82) is 0 Å². The lowest BCUT2D eigenvalue weighted by molar-refractivity contribution is 0.239. The van der Waals surface area contributed by atoms with E-state index in [0.29, 0.717) is 6.04 Å². The fraction of sp³-hybridized carbons (Fsp3) is 0.318.